The Morgan fingerprint density at radius 3 is 2.23 bits per heavy atom. The Morgan fingerprint density at radius 2 is 1.77 bits per heavy atom. The summed E-state index contributed by atoms with van der Waals surface area (Å²) in [6, 6.07) is 9.84. The van der Waals surface area contributed by atoms with Gasteiger partial charge in [0, 0.05) is 20.1 Å². The maximum absolute atomic E-state index is 13.1. The molecule has 1 aromatic carbocycles. The fraction of sp³-hybridized carbons (Fsp3) is 0.400. The van der Waals surface area contributed by atoms with Gasteiger partial charge < -0.3 is 15.2 Å². The molecule has 1 aliphatic carbocycles. The molecule has 1 aliphatic heterocycles. The van der Waals surface area contributed by atoms with Gasteiger partial charge in [0.2, 0.25) is 0 Å². The molecule has 0 spiro atoms. The third-order valence-electron chi connectivity index (χ3n) is 4.68. The monoisotopic (exact) mass is 300 g/mol. The summed E-state index contributed by atoms with van der Waals surface area (Å²) in [5, 5.41) is 19.5. The van der Waals surface area contributed by atoms with Gasteiger partial charge in [-0.25, -0.2) is 9.38 Å². The van der Waals surface area contributed by atoms with Crippen molar-refractivity contribution in [3.05, 3.63) is 35.6 Å². The standard InChI is InChI=1S/C15H13FN4O2/c1-21-15(22-2)14(8-18)11(9-3-5-10(16)6-4-9)13(14,7-17)12(19)20-15/h3-6,11H,1-2H3,(H2,19,20)/t11-,13-,14+/m0/s1. The smallest absolute Gasteiger partial charge is 0.292 e. The Morgan fingerprint density at radius 1 is 1.18 bits per heavy atom. The Balaban J connectivity index is 2.23. The number of aliphatic imine (C=N–C) groups is 1. The average molecular weight is 300 g/mol. The number of amidine groups is 1. The van der Waals surface area contributed by atoms with Crippen LogP contribution in [0.4, 0.5) is 4.39 Å². The van der Waals surface area contributed by atoms with Crippen molar-refractivity contribution in [3.8, 4) is 12.1 Å². The molecular weight excluding hydrogens is 287 g/mol. The highest BCUT2D eigenvalue weighted by Gasteiger charge is 2.93. The third kappa shape index (κ3) is 1.22. The quantitative estimate of drug-likeness (QED) is 0.846. The second-order valence-electron chi connectivity index (χ2n) is 5.31. The van der Waals surface area contributed by atoms with Crippen molar-refractivity contribution in [1.82, 2.24) is 0 Å². The summed E-state index contributed by atoms with van der Waals surface area (Å²) in [6.07, 6.45) is 0. The predicted octanol–water partition coefficient (Wildman–Crippen LogP) is 1.26. The first-order valence-electron chi connectivity index (χ1n) is 6.53. The molecule has 1 aromatic rings. The van der Waals surface area contributed by atoms with Gasteiger partial charge in [0.15, 0.2) is 5.41 Å². The lowest BCUT2D eigenvalue weighted by molar-refractivity contribution is -0.230. The summed E-state index contributed by atoms with van der Waals surface area (Å²) in [5.41, 5.74) is 3.82. The van der Waals surface area contributed by atoms with Crippen LogP contribution < -0.4 is 5.73 Å². The van der Waals surface area contributed by atoms with E-state index in [2.05, 4.69) is 17.1 Å². The first kappa shape index (κ1) is 14.5. The molecule has 1 fully saturated rings. The lowest BCUT2D eigenvalue weighted by Crippen LogP contribution is -2.41. The minimum absolute atomic E-state index is 0.00502. The average Bonchev–Trinajstić information content (AvgIpc) is 3.11. The summed E-state index contributed by atoms with van der Waals surface area (Å²) in [5.74, 6) is -2.67. The van der Waals surface area contributed by atoms with E-state index in [1.165, 1.54) is 38.5 Å². The van der Waals surface area contributed by atoms with Gasteiger partial charge in [0.25, 0.3) is 5.91 Å². The number of rotatable bonds is 3. The van der Waals surface area contributed by atoms with E-state index in [0.29, 0.717) is 5.56 Å². The molecule has 3 atom stereocenters. The van der Waals surface area contributed by atoms with Crippen LogP contribution in [0.15, 0.2) is 29.3 Å². The van der Waals surface area contributed by atoms with Crippen LogP contribution in [0.3, 0.4) is 0 Å². The minimum Gasteiger partial charge on any atom is -0.386 e. The number of fused-ring (bicyclic) bond motifs is 1. The molecule has 2 aliphatic rings. The maximum Gasteiger partial charge on any atom is 0.292 e. The van der Waals surface area contributed by atoms with Crippen molar-refractivity contribution in [2.75, 3.05) is 14.2 Å². The summed E-state index contributed by atoms with van der Waals surface area (Å²) in [7, 11) is 2.68. The fourth-order valence-electron chi connectivity index (χ4n) is 3.68. The third-order valence-corrected chi connectivity index (χ3v) is 4.68. The molecule has 3 rings (SSSR count). The van der Waals surface area contributed by atoms with E-state index in [1.54, 1.807) is 0 Å². The van der Waals surface area contributed by atoms with Crippen LogP contribution in [0.2, 0.25) is 0 Å². The number of hydrogen-bond donors (Lipinski definition) is 1. The number of nitrogens with zero attached hydrogens (tertiary/aromatic N) is 3. The first-order valence-corrected chi connectivity index (χ1v) is 6.53. The summed E-state index contributed by atoms with van der Waals surface area (Å²) < 4.78 is 23.8. The van der Waals surface area contributed by atoms with E-state index in [9.17, 15) is 14.9 Å². The molecule has 0 aromatic heterocycles. The molecule has 1 saturated carbocycles. The van der Waals surface area contributed by atoms with Crippen molar-refractivity contribution in [2.45, 2.75) is 11.8 Å². The number of benzene rings is 1. The van der Waals surface area contributed by atoms with Crippen LogP contribution in [0, 0.1) is 39.3 Å². The van der Waals surface area contributed by atoms with E-state index in [4.69, 9.17) is 15.2 Å². The van der Waals surface area contributed by atoms with Gasteiger partial charge in [-0.3, -0.25) is 0 Å². The summed E-state index contributed by atoms with van der Waals surface area (Å²) >= 11 is 0. The predicted molar refractivity (Wildman–Crippen MR) is 73.6 cm³/mol. The molecule has 0 unspecified atom stereocenters. The van der Waals surface area contributed by atoms with E-state index < -0.39 is 28.5 Å². The molecule has 1 heterocycles. The highest BCUT2D eigenvalue weighted by Crippen LogP contribution is 2.81. The van der Waals surface area contributed by atoms with Gasteiger partial charge in [0.1, 0.15) is 17.1 Å². The van der Waals surface area contributed by atoms with Crippen molar-refractivity contribution < 1.29 is 13.9 Å². The Bertz CT molecular complexity index is 744. The van der Waals surface area contributed by atoms with E-state index in [-0.39, 0.29) is 5.84 Å². The van der Waals surface area contributed by atoms with E-state index >= 15 is 0 Å². The van der Waals surface area contributed by atoms with Crippen molar-refractivity contribution in [2.24, 2.45) is 21.6 Å². The van der Waals surface area contributed by atoms with Crippen LogP contribution in [-0.2, 0) is 9.47 Å². The molecular formula is C15H13FN4O2. The van der Waals surface area contributed by atoms with Gasteiger partial charge in [-0.1, -0.05) is 12.1 Å². The minimum atomic E-state index is -1.65. The molecule has 112 valence electrons. The second kappa shape index (κ2) is 4.26. The van der Waals surface area contributed by atoms with Crippen LogP contribution >= 0.6 is 0 Å². The van der Waals surface area contributed by atoms with Crippen LogP contribution in [-0.4, -0.2) is 26.0 Å². The number of nitrogens with two attached hydrogens (primary N) is 1. The second-order valence-corrected chi connectivity index (χ2v) is 5.31. The lowest BCUT2D eigenvalue weighted by atomic mass is 9.93. The van der Waals surface area contributed by atoms with E-state index in [0.717, 1.165) is 0 Å². The molecule has 6 nitrogen and oxygen atoms in total. The molecule has 22 heavy (non-hydrogen) atoms. The van der Waals surface area contributed by atoms with Gasteiger partial charge in [0.05, 0.1) is 12.1 Å². The number of hydrogen-bond acceptors (Lipinski definition) is 6. The summed E-state index contributed by atoms with van der Waals surface area (Å²) in [6.45, 7) is 0. The zero-order valence-corrected chi connectivity index (χ0v) is 12.0. The van der Waals surface area contributed by atoms with E-state index in [1.807, 2.05) is 0 Å². The molecule has 7 heteroatoms. The van der Waals surface area contributed by atoms with Gasteiger partial charge in [-0.2, -0.15) is 10.5 Å². The molecule has 0 amide bonds. The number of nitriles is 2. The van der Waals surface area contributed by atoms with Crippen LogP contribution in [0.25, 0.3) is 0 Å². The highest BCUT2D eigenvalue weighted by atomic mass is 19.1. The number of methoxy groups -OCH3 is 2. The van der Waals surface area contributed by atoms with Crippen LogP contribution in [0.1, 0.15) is 11.5 Å². The van der Waals surface area contributed by atoms with Crippen LogP contribution in [0.5, 0.6) is 0 Å². The molecule has 2 N–H and O–H groups in total. The highest BCUT2D eigenvalue weighted by molar-refractivity contribution is 6.00. The number of halogens is 1. The SMILES string of the molecule is COC1(OC)N=C(N)[C@]2(C#N)[C@H](c3ccc(F)cc3)[C@@]12C#N. The zero-order chi connectivity index (χ0) is 16.2. The Kier molecular flexibility index (Phi) is 2.80. The Labute approximate surface area is 126 Å². The van der Waals surface area contributed by atoms with Crippen molar-refractivity contribution >= 4 is 5.84 Å². The van der Waals surface area contributed by atoms with Gasteiger partial charge in [-0.05, 0) is 17.7 Å². The lowest BCUT2D eigenvalue weighted by Gasteiger charge is -2.29. The topological polar surface area (TPSA) is 104 Å². The summed E-state index contributed by atoms with van der Waals surface area (Å²) in [4.78, 5) is 4.10. The van der Waals surface area contributed by atoms with Gasteiger partial charge >= 0.3 is 0 Å². The molecule has 0 radical (unpaired) electrons. The van der Waals surface area contributed by atoms with Crippen molar-refractivity contribution in [3.63, 3.8) is 0 Å². The zero-order valence-electron chi connectivity index (χ0n) is 12.0. The van der Waals surface area contributed by atoms with Gasteiger partial charge in [-0.15, -0.1) is 0 Å². The number of ether oxygens (including phenoxy) is 2. The Hall–Kier alpha value is -2.48. The molecule has 0 bridgehead atoms. The maximum atomic E-state index is 13.1. The van der Waals surface area contributed by atoms with Crippen molar-refractivity contribution in [1.29, 1.82) is 10.5 Å². The molecule has 0 saturated heterocycles. The fourth-order valence-corrected chi connectivity index (χ4v) is 3.68. The largest absolute Gasteiger partial charge is 0.386 e. The first-order chi connectivity index (χ1) is 10.5. The normalized spacial score (nSPS) is 34.2.